The summed E-state index contributed by atoms with van der Waals surface area (Å²) in [7, 11) is 1.63. The molecule has 0 heterocycles. The average Bonchev–Trinajstić information content (AvgIpc) is 2.70. The van der Waals surface area contributed by atoms with Crippen LogP contribution in [0.1, 0.15) is 69.8 Å². The summed E-state index contributed by atoms with van der Waals surface area (Å²) in [5.41, 5.74) is 0.909. The van der Waals surface area contributed by atoms with E-state index in [9.17, 15) is 9.59 Å². The Labute approximate surface area is 162 Å². The summed E-state index contributed by atoms with van der Waals surface area (Å²) in [4.78, 5) is 27.6. The Kier molecular flexibility index (Phi) is 7.13. The third kappa shape index (κ3) is 5.47. The molecule has 1 aromatic carbocycles. The van der Waals surface area contributed by atoms with Gasteiger partial charge in [0.15, 0.2) is 0 Å². The van der Waals surface area contributed by atoms with Crippen LogP contribution in [0.15, 0.2) is 24.3 Å². The zero-order valence-corrected chi connectivity index (χ0v) is 16.4. The monoisotopic (exact) mass is 372 g/mol. The van der Waals surface area contributed by atoms with E-state index in [2.05, 4.69) is 5.32 Å². The maximum Gasteiger partial charge on any atom is 0.324 e. The number of urea groups is 1. The molecule has 0 aromatic heterocycles. The van der Waals surface area contributed by atoms with Gasteiger partial charge in [-0.05, 0) is 43.4 Å². The second-order valence-corrected chi connectivity index (χ2v) is 7.86. The maximum atomic E-state index is 13.1. The van der Waals surface area contributed by atoms with E-state index in [1.807, 2.05) is 24.3 Å². The average molecular weight is 373 g/mol. The first-order valence-corrected chi connectivity index (χ1v) is 10.4. The number of ether oxygens (including phenoxy) is 1. The van der Waals surface area contributed by atoms with Gasteiger partial charge in [-0.1, -0.05) is 50.7 Å². The minimum absolute atomic E-state index is 0.0353. The number of carbonyl (C=O) groups excluding carboxylic acids is 2. The lowest BCUT2D eigenvalue weighted by atomic mass is 9.93. The predicted octanol–water partition coefficient (Wildman–Crippen LogP) is 4.44. The fourth-order valence-corrected chi connectivity index (χ4v) is 4.32. The van der Waals surface area contributed by atoms with E-state index in [1.165, 1.54) is 17.7 Å². The number of hydrogen-bond donors (Lipinski definition) is 1. The minimum atomic E-state index is -0.188. The summed E-state index contributed by atoms with van der Waals surface area (Å²) in [6.07, 6.45) is 11.1. The van der Waals surface area contributed by atoms with Gasteiger partial charge >= 0.3 is 6.03 Å². The van der Waals surface area contributed by atoms with Crippen molar-refractivity contribution in [2.45, 2.75) is 82.7 Å². The van der Waals surface area contributed by atoms with Crippen molar-refractivity contribution in [2.24, 2.45) is 0 Å². The van der Waals surface area contributed by atoms with Crippen molar-refractivity contribution in [1.82, 2.24) is 10.2 Å². The number of carbonyl (C=O) groups is 2. The van der Waals surface area contributed by atoms with Crippen LogP contribution in [-0.4, -0.2) is 36.0 Å². The fourth-order valence-electron chi connectivity index (χ4n) is 4.32. The van der Waals surface area contributed by atoms with Crippen molar-refractivity contribution >= 4 is 11.9 Å². The molecule has 3 rings (SSSR count). The Balaban J connectivity index is 1.69. The number of imide groups is 1. The molecule has 1 N–H and O–H groups in total. The van der Waals surface area contributed by atoms with E-state index in [0.717, 1.165) is 62.7 Å². The number of nitrogens with zero attached hydrogens (tertiary/aromatic N) is 1. The molecule has 2 fully saturated rings. The minimum Gasteiger partial charge on any atom is -0.497 e. The van der Waals surface area contributed by atoms with E-state index >= 15 is 0 Å². The van der Waals surface area contributed by atoms with Crippen molar-refractivity contribution in [2.75, 3.05) is 7.11 Å². The van der Waals surface area contributed by atoms with Crippen LogP contribution in [0.5, 0.6) is 5.75 Å². The highest BCUT2D eigenvalue weighted by molar-refractivity contribution is 5.96. The Bertz CT molecular complexity index is 617. The first-order chi connectivity index (χ1) is 13.2. The van der Waals surface area contributed by atoms with Gasteiger partial charge in [0, 0.05) is 12.1 Å². The van der Waals surface area contributed by atoms with Gasteiger partial charge in [-0.2, -0.15) is 0 Å². The van der Waals surface area contributed by atoms with Gasteiger partial charge in [-0.3, -0.25) is 9.69 Å². The summed E-state index contributed by atoms with van der Waals surface area (Å²) in [5.74, 6) is 0.672. The van der Waals surface area contributed by atoms with Gasteiger partial charge in [0.05, 0.1) is 13.5 Å². The quantitative estimate of drug-likeness (QED) is 0.831. The molecule has 2 saturated carbocycles. The van der Waals surface area contributed by atoms with E-state index in [-0.39, 0.29) is 30.4 Å². The van der Waals surface area contributed by atoms with E-state index in [1.54, 1.807) is 7.11 Å². The smallest absolute Gasteiger partial charge is 0.324 e. The molecule has 0 radical (unpaired) electrons. The normalized spacial score (nSPS) is 18.7. The lowest BCUT2D eigenvalue weighted by Gasteiger charge is -2.34. The zero-order valence-electron chi connectivity index (χ0n) is 16.4. The molecule has 0 aliphatic heterocycles. The number of hydrogen-bond acceptors (Lipinski definition) is 3. The van der Waals surface area contributed by atoms with Crippen LogP contribution in [-0.2, 0) is 11.2 Å². The SMILES string of the molecule is COc1ccc(CC(=O)N(C(=O)NC2CCCCC2)C2CCCCC2)cc1. The lowest BCUT2D eigenvalue weighted by molar-refractivity contribution is -0.129. The molecule has 5 nitrogen and oxygen atoms in total. The molecule has 3 amide bonds. The lowest BCUT2D eigenvalue weighted by Crippen LogP contribution is -2.53. The van der Waals surface area contributed by atoms with E-state index < -0.39 is 0 Å². The predicted molar refractivity (Wildman–Crippen MR) is 106 cm³/mol. The molecule has 0 unspecified atom stereocenters. The molecule has 0 spiro atoms. The Morgan fingerprint density at radius 2 is 1.56 bits per heavy atom. The highest BCUT2D eigenvalue weighted by Gasteiger charge is 2.32. The van der Waals surface area contributed by atoms with Crippen molar-refractivity contribution in [3.8, 4) is 5.75 Å². The number of amides is 3. The summed E-state index contributed by atoms with van der Waals surface area (Å²) < 4.78 is 5.18. The number of methoxy groups -OCH3 is 1. The summed E-state index contributed by atoms with van der Waals surface area (Å²) in [5, 5.41) is 3.15. The highest BCUT2D eigenvalue weighted by atomic mass is 16.5. The number of benzene rings is 1. The van der Waals surface area contributed by atoms with Gasteiger partial charge in [0.25, 0.3) is 0 Å². The standard InChI is InChI=1S/C22H32N2O3/c1-27-20-14-12-17(13-15-20)16-21(25)24(19-10-6-3-7-11-19)22(26)23-18-8-4-2-5-9-18/h12-15,18-19H,2-11,16H2,1H3,(H,23,26). The van der Waals surface area contributed by atoms with Crippen LogP contribution in [0.3, 0.4) is 0 Å². The molecule has 2 aliphatic rings. The largest absolute Gasteiger partial charge is 0.497 e. The van der Waals surface area contributed by atoms with Gasteiger partial charge in [-0.15, -0.1) is 0 Å². The van der Waals surface area contributed by atoms with E-state index in [0.29, 0.717) is 0 Å². The molecule has 0 bridgehead atoms. The van der Waals surface area contributed by atoms with Gasteiger partial charge in [0.2, 0.25) is 5.91 Å². The van der Waals surface area contributed by atoms with Gasteiger partial charge in [0.1, 0.15) is 5.75 Å². The van der Waals surface area contributed by atoms with Crippen LogP contribution in [0.2, 0.25) is 0 Å². The second kappa shape index (κ2) is 9.77. The van der Waals surface area contributed by atoms with Crippen LogP contribution in [0.4, 0.5) is 4.79 Å². The zero-order chi connectivity index (χ0) is 19.1. The fraction of sp³-hybridized carbons (Fsp3) is 0.636. The Morgan fingerprint density at radius 3 is 2.15 bits per heavy atom. The second-order valence-electron chi connectivity index (χ2n) is 7.86. The molecule has 148 valence electrons. The molecule has 0 atom stereocenters. The van der Waals surface area contributed by atoms with Crippen molar-refractivity contribution in [1.29, 1.82) is 0 Å². The molecule has 2 aliphatic carbocycles. The van der Waals surface area contributed by atoms with E-state index in [4.69, 9.17) is 4.74 Å². The molecule has 1 aromatic rings. The maximum absolute atomic E-state index is 13.1. The highest BCUT2D eigenvalue weighted by Crippen LogP contribution is 2.25. The summed E-state index contributed by atoms with van der Waals surface area (Å²) in [6.45, 7) is 0. The Hall–Kier alpha value is -2.04. The van der Waals surface area contributed by atoms with Crippen molar-refractivity contribution < 1.29 is 14.3 Å². The first kappa shape index (κ1) is 19.7. The van der Waals surface area contributed by atoms with Gasteiger partial charge < -0.3 is 10.1 Å². The molecule has 27 heavy (non-hydrogen) atoms. The topological polar surface area (TPSA) is 58.6 Å². The summed E-state index contributed by atoms with van der Waals surface area (Å²) >= 11 is 0. The van der Waals surface area contributed by atoms with Crippen LogP contribution in [0, 0.1) is 0 Å². The van der Waals surface area contributed by atoms with Crippen LogP contribution >= 0.6 is 0 Å². The molecular weight excluding hydrogens is 340 g/mol. The first-order valence-electron chi connectivity index (χ1n) is 10.4. The van der Waals surface area contributed by atoms with Crippen molar-refractivity contribution in [3.63, 3.8) is 0 Å². The van der Waals surface area contributed by atoms with Crippen LogP contribution < -0.4 is 10.1 Å². The third-order valence-corrected chi connectivity index (χ3v) is 5.87. The number of nitrogens with one attached hydrogen (secondary N) is 1. The molecule has 0 saturated heterocycles. The van der Waals surface area contributed by atoms with Crippen LogP contribution in [0.25, 0.3) is 0 Å². The molecule has 5 heteroatoms. The summed E-state index contributed by atoms with van der Waals surface area (Å²) in [6, 6.07) is 7.57. The van der Waals surface area contributed by atoms with Gasteiger partial charge in [-0.25, -0.2) is 4.79 Å². The molecular formula is C22H32N2O3. The number of rotatable bonds is 5. The Morgan fingerprint density at radius 1 is 0.963 bits per heavy atom. The third-order valence-electron chi connectivity index (χ3n) is 5.87. The van der Waals surface area contributed by atoms with Crippen molar-refractivity contribution in [3.05, 3.63) is 29.8 Å².